The predicted octanol–water partition coefficient (Wildman–Crippen LogP) is 0.236. The molecule has 0 unspecified atom stereocenters. The molecule has 0 spiro atoms. The Morgan fingerprint density at radius 2 is 1.58 bits per heavy atom. The molecule has 1 heterocycles. The van der Waals surface area contributed by atoms with E-state index in [9.17, 15) is 19.2 Å². The number of carbonyl (C=O) groups excluding carboxylic acids is 4. The summed E-state index contributed by atoms with van der Waals surface area (Å²) < 4.78 is 4.61. The van der Waals surface area contributed by atoms with Gasteiger partial charge in [0.1, 0.15) is 6.54 Å². The second-order valence-electron chi connectivity index (χ2n) is 6.25. The van der Waals surface area contributed by atoms with Crippen molar-refractivity contribution >= 4 is 23.7 Å². The fraction of sp³-hybridized carbons (Fsp3) is 0.444. The average molecular weight is 361 g/mol. The highest BCUT2D eigenvalue weighted by Gasteiger charge is 2.37. The minimum atomic E-state index is -0.473. The Balaban J connectivity index is 2.07. The van der Waals surface area contributed by atoms with Crippen LogP contribution in [0.5, 0.6) is 0 Å². The number of carbonyl (C=O) groups is 4. The summed E-state index contributed by atoms with van der Waals surface area (Å²) in [6, 6.07) is 6.49. The van der Waals surface area contributed by atoms with E-state index in [0.29, 0.717) is 24.2 Å². The van der Waals surface area contributed by atoms with Crippen LogP contribution in [0, 0.1) is 0 Å². The van der Waals surface area contributed by atoms with E-state index in [4.69, 9.17) is 0 Å². The first-order valence-corrected chi connectivity index (χ1v) is 8.29. The van der Waals surface area contributed by atoms with Gasteiger partial charge in [0.15, 0.2) is 0 Å². The molecule has 8 heteroatoms. The van der Waals surface area contributed by atoms with E-state index in [-0.39, 0.29) is 25.4 Å². The zero-order chi connectivity index (χ0) is 19.3. The van der Waals surface area contributed by atoms with E-state index in [2.05, 4.69) is 4.74 Å². The van der Waals surface area contributed by atoms with Crippen LogP contribution in [0.1, 0.15) is 27.1 Å². The minimum absolute atomic E-state index is 0.0534. The lowest BCUT2D eigenvalue weighted by molar-refractivity contribution is -0.141. The smallest absolute Gasteiger partial charge is 0.307 e. The lowest BCUT2D eigenvalue weighted by atomic mass is 10.1. The Kier molecular flexibility index (Phi) is 6.46. The number of ether oxygens (including phenoxy) is 1. The molecular weight excluding hydrogens is 338 g/mol. The summed E-state index contributed by atoms with van der Waals surface area (Å²) in [4.78, 5) is 53.2. The normalized spacial score (nSPS) is 13.2. The van der Waals surface area contributed by atoms with Crippen molar-refractivity contribution in [3.8, 4) is 0 Å². The molecule has 140 valence electrons. The minimum Gasteiger partial charge on any atom is -0.469 e. The van der Waals surface area contributed by atoms with Gasteiger partial charge in [0.2, 0.25) is 5.91 Å². The van der Waals surface area contributed by atoms with Crippen molar-refractivity contribution in [2.24, 2.45) is 0 Å². The fourth-order valence-electron chi connectivity index (χ4n) is 2.63. The standard InChI is InChI=1S/C18H23N3O5/c1-19(2)10-11-20(9-8-16(23)26-3)15(22)12-21-17(24)13-6-4-5-7-14(13)18(21)25/h4-7H,8-12H2,1-3H3. The van der Waals surface area contributed by atoms with Crippen molar-refractivity contribution in [2.75, 3.05) is 47.4 Å². The van der Waals surface area contributed by atoms with Gasteiger partial charge in [-0.15, -0.1) is 0 Å². The van der Waals surface area contributed by atoms with Crippen LogP contribution in [-0.2, 0) is 14.3 Å². The first-order valence-electron chi connectivity index (χ1n) is 8.29. The molecule has 1 aromatic rings. The largest absolute Gasteiger partial charge is 0.469 e. The molecule has 0 saturated heterocycles. The van der Waals surface area contributed by atoms with Crippen molar-refractivity contribution in [3.63, 3.8) is 0 Å². The summed E-state index contributed by atoms with van der Waals surface area (Å²) in [6.07, 6.45) is 0.0534. The third-order valence-electron chi connectivity index (χ3n) is 4.15. The monoisotopic (exact) mass is 361 g/mol. The van der Waals surface area contributed by atoms with E-state index in [0.717, 1.165) is 4.90 Å². The number of fused-ring (bicyclic) bond motifs is 1. The Bertz CT molecular complexity index is 682. The molecule has 1 aliphatic rings. The summed E-state index contributed by atoms with van der Waals surface area (Å²) in [6.45, 7) is 0.796. The molecule has 1 aromatic carbocycles. The number of hydrogen-bond acceptors (Lipinski definition) is 6. The molecular formula is C18H23N3O5. The van der Waals surface area contributed by atoms with Crippen LogP contribution in [0.15, 0.2) is 24.3 Å². The zero-order valence-electron chi connectivity index (χ0n) is 15.2. The predicted molar refractivity (Wildman–Crippen MR) is 93.6 cm³/mol. The maximum absolute atomic E-state index is 12.7. The Morgan fingerprint density at radius 3 is 2.08 bits per heavy atom. The van der Waals surface area contributed by atoms with E-state index in [1.807, 2.05) is 19.0 Å². The summed E-state index contributed by atoms with van der Waals surface area (Å²) in [7, 11) is 5.02. The molecule has 0 saturated carbocycles. The topological polar surface area (TPSA) is 87.2 Å². The quantitative estimate of drug-likeness (QED) is 0.487. The molecule has 0 aromatic heterocycles. The van der Waals surface area contributed by atoms with E-state index in [1.165, 1.54) is 12.0 Å². The first kappa shape index (κ1) is 19.6. The second-order valence-corrected chi connectivity index (χ2v) is 6.25. The number of hydrogen-bond donors (Lipinski definition) is 0. The molecule has 26 heavy (non-hydrogen) atoms. The number of nitrogens with zero attached hydrogens (tertiary/aromatic N) is 3. The van der Waals surface area contributed by atoms with Gasteiger partial charge in [-0.3, -0.25) is 24.1 Å². The van der Waals surface area contributed by atoms with Crippen LogP contribution in [0.3, 0.4) is 0 Å². The number of benzene rings is 1. The molecule has 0 N–H and O–H groups in total. The van der Waals surface area contributed by atoms with E-state index < -0.39 is 17.8 Å². The summed E-state index contributed by atoms with van der Waals surface area (Å²) >= 11 is 0. The second kappa shape index (κ2) is 8.57. The maximum atomic E-state index is 12.7. The number of amides is 3. The molecule has 1 aliphatic heterocycles. The highest BCUT2D eigenvalue weighted by Crippen LogP contribution is 2.22. The highest BCUT2D eigenvalue weighted by molar-refractivity contribution is 6.22. The highest BCUT2D eigenvalue weighted by atomic mass is 16.5. The summed E-state index contributed by atoms with van der Waals surface area (Å²) in [5.41, 5.74) is 0.611. The van der Waals surface area contributed by atoms with Crippen molar-refractivity contribution in [3.05, 3.63) is 35.4 Å². The molecule has 0 radical (unpaired) electrons. The zero-order valence-corrected chi connectivity index (χ0v) is 15.2. The van der Waals surface area contributed by atoms with Gasteiger partial charge in [-0.05, 0) is 26.2 Å². The number of rotatable bonds is 8. The molecule has 0 bridgehead atoms. The average Bonchev–Trinajstić information content (AvgIpc) is 2.86. The molecule has 2 rings (SSSR count). The summed E-state index contributed by atoms with van der Waals surface area (Å²) in [5, 5.41) is 0. The Morgan fingerprint density at radius 1 is 1.00 bits per heavy atom. The molecule has 0 fully saturated rings. The molecule has 8 nitrogen and oxygen atoms in total. The van der Waals surface area contributed by atoms with Crippen LogP contribution < -0.4 is 0 Å². The summed E-state index contributed by atoms with van der Waals surface area (Å²) in [5.74, 6) is -1.75. The lowest BCUT2D eigenvalue weighted by Gasteiger charge is -2.26. The van der Waals surface area contributed by atoms with Gasteiger partial charge in [-0.25, -0.2) is 0 Å². The van der Waals surface area contributed by atoms with Crippen molar-refractivity contribution in [2.45, 2.75) is 6.42 Å². The van der Waals surface area contributed by atoms with Gasteiger partial charge in [-0.2, -0.15) is 0 Å². The molecule has 0 atom stereocenters. The van der Waals surface area contributed by atoms with Gasteiger partial charge in [-0.1, -0.05) is 12.1 Å². The van der Waals surface area contributed by atoms with Gasteiger partial charge >= 0.3 is 5.97 Å². The van der Waals surface area contributed by atoms with Gasteiger partial charge in [0.05, 0.1) is 24.7 Å². The fourth-order valence-corrected chi connectivity index (χ4v) is 2.63. The first-order chi connectivity index (χ1) is 12.3. The van der Waals surface area contributed by atoms with Crippen molar-refractivity contribution in [1.29, 1.82) is 0 Å². The number of imide groups is 1. The SMILES string of the molecule is COC(=O)CCN(CCN(C)C)C(=O)CN1C(=O)c2ccccc2C1=O. The Hall–Kier alpha value is -2.74. The van der Waals surface area contributed by atoms with Gasteiger partial charge < -0.3 is 14.5 Å². The van der Waals surface area contributed by atoms with Crippen LogP contribution in [0.25, 0.3) is 0 Å². The maximum Gasteiger partial charge on any atom is 0.307 e. The molecule has 0 aliphatic carbocycles. The van der Waals surface area contributed by atoms with Gasteiger partial charge in [0, 0.05) is 19.6 Å². The lowest BCUT2D eigenvalue weighted by Crippen LogP contribution is -2.45. The molecule has 3 amide bonds. The van der Waals surface area contributed by atoms with Crippen LogP contribution in [0.4, 0.5) is 0 Å². The van der Waals surface area contributed by atoms with Crippen LogP contribution in [0.2, 0.25) is 0 Å². The van der Waals surface area contributed by atoms with Crippen molar-refractivity contribution < 1.29 is 23.9 Å². The van der Waals surface area contributed by atoms with E-state index >= 15 is 0 Å². The van der Waals surface area contributed by atoms with E-state index in [1.54, 1.807) is 24.3 Å². The number of methoxy groups -OCH3 is 1. The van der Waals surface area contributed by atoms with Crippen LogP contribution in [-0.4, -0.2) is 85.8 Å². The number of esters is 1. The third-order valence-corrected chi connectivity index (χ3v) is 4.15. The Labute approximate surface area is 152 Å². The van der Waals surface area contributed by atoms with Gasteiger partial charge in [0.25, 0.3) is 11.8 Å². The number of likely N-dealkylation sites (N-methyl/N-ethyl adjacent to an activating group) is 1. The third kappa shape index (κ3) is 4.45. The van der Waals surface area contributed by atoms with Crippen LogP contribution >= 0.6 is 0 Å². The van der Waals surface area contributed by atoms with Crippen molar-refractivity contribution in [1.82, 2.24) is 14.7 Å².